The fourth-order valence-electron chi connectivity index (χ4n) is 1.38. The van der Waals surface area contributed by atoms with Gasteiger partial charge in [-0.3, -0.25) is 11.3 Å². The SMILES string of the molecule is NNCCc1cc(C(F)(F)F)cc(C(F)(F)F)c1. The van der Waals surface area contributed by atoms with Crippen LogP contribution in [0.5, 0.6) is 0 Å². The molecule has 0 radical (unpaired) electrons. The van der Waals surface area contributed by atoms with Gasteiger partial charge < -0.3 is 0 Å². The minimum Gasteiger partial charge on any atom is -0.271 e. The molecule has 0 aliphatic rings. The Morgan fingerprint density at radius 1 is 0.889 bits per heavy atom. The molecule has 0 amide bonds. The number of benzene rings is 1. The number of alkyl halides is 6. The van der Waals surface area contributed by atoms with Gasteiger partial charge in [0.05, 0.1) is 11.1 Å². The summed E-state index contributed by atoms with van der Waals surface area (Å²) in [7, 11) is 0. The van der Waals surface area contributed by atoms with Crippen molar-refractivity contribution in [2.45, 2.75) is 18.8 Å². The second-order valence-corrected chi connectivity index (χ2v) is 3.62. The zero-order chi connectivity index (χ0) is 14.0. The van der Waals surface area contributed by atoms with Gasteiger partial charge in [-0.05, 0) is 30.2 Å². The Balaban J connectivity index is 3.21. The monoisotopic (exact) mass is 272 g/mol. The molecule has 0 aliphatic carbocycles. The molecule has 8 heteroatoms. The number of hydrazine groups is 1. The maximum Gasteiger partial charge on any atom is 0.416 e. The first-order chi connectivity index (χ1) is 8.14. The summed E-state index contributed by atoms with van der Waals surface area (Å²) in [5.41, 5.74) is -0.535. The van der Waals surface area contributed by atoms with E-state index in [2.05, 4.69) is 5.43 Å². The molecule has 0 bridgehead atoms. The van der Waals surface area contributed by atoms with Crippen LogP contribution in [0.1, 0.15) is 16.7 Å². The lowest BCUT2D eigenvalue weighted by molar-refractivity contribution is -0.143. The molecule has 0 saturated carbocycles. The van der Waals surface area contributed by atoms with Gasteiger partial charge in [-0.2, -0.15) is 26.3 Å². The molecule has 102 valence electrons. The molecule has 3 N–H and O–H groups in total. The summed E-state index contributed by atoms with van der Waals surface area (Å²) in [6.07, 6.45) is -9.65. The van der Waals surface area contributed by atoms with Crippen molar-refractivity contribution in [1.82, 2.24) is 5.43 Å². The van der Waals surface area contributed by atoms with Crippen molar-refractivity contribution in [2.75, 3.05) is 6.54 Å². The minimum atomic E-state index is -4.81. The highest BCUT2D eigenvalue weighted by Crippen LogP contribution is 2.36. The quantitative estimate of drug-likeness (QED) is 0.504. The number of hydrogen-bond donors (Lipinski definition) is 2. The van der Waals surface area contributed by atoms with E-state index in [1.165, 1.54) is 0 Å². The number of rotatable bonds is 3. The van der Waals surface area contributed by atoms with Crippen LogP contribution in [-0.2, 0) is 18.8 Å². The second-order valence-electron chi connectivity index (χ2n) is 3.62. The molecule has 0 aromatic heterocycles. The van der Waals surface area contributed by atoms with Crippen LogP contribution in [0.25, 0.3) is 0 Å². The predicted octanol–water partition coefficient (Wildman–Crippen LogP) is 2.73. The molecule has 0 atom stereocenters. The molecule has 1 aromatic rings. The largest absolute Gasteiger partial charge is 0.416 e. The van der Waals surface area contributed by atoms with E-state index in [0.29, 0.717) is 12.1 Å². The van der Waals surface area contributed by atoms with Crippen molar-refractivity contribution in [3.05, 3.63) is 34.9 Å². The lowest BCUT2D eigenvalue weighted by Crippen LogP contribution is -2.24. The lowest BCUT2D eigenvalue weighted by Gasteiger charge is -2.14. The molecule has 0 unspecified atom stereocenters. The van der Waals surface area contributed by atoms with Crippen LogP contribution >= 0.6 is 0 Å². The summed E-state index contributed by atoms with van der Waals surface area (Å²) >= 11 is 0. The third-order valence-corrected chi connectivity index (χ3v) is 2.21. The van der Waals surface area contributed by atoms with Crippen molar-refractivity contribution in [1.29, 1.82) is 0 Å². The van der Waals surface area contributed by atoms with Gasteiger partial charge >= 0.3 is 12.4 Å². The highest BCUT2D eigenvalue weighted by molar-refractivity contribution is 5.33. The summed E-state index contributed by atoms with van der Waals surface area (Å²) in [4.78, 5) is 0. The lowest BCUT2D eigenvalue weighted by atomic mass is 10.0. The normalized spacial score (nSPS) is 12.8. The Labute approximate surface area is 98.7 Å². The van der Waals surface area contributed by atoms with Gasteiger partial charge in [0, 0.05) is 6.54 Å². The van der Waals surface area contributed by atoms with Crippen LogP contribution in [0.2, 0.25) is 0 Å². The molecule has 0 saturated heterocycles. The third kappa shape index (κ3) is 3.88. The summed E-state index contributed by atoms with van der Waals surface area (Å²) in [5.74, 6) is 4.93. The Morgan fingerprint density at radius 2 is 1.33 bits per heavy atom. The van der Waals surface area contributed by atoms with Crippen molar-refractivity contribution >= 4 is 0 Å². The standard InChI is InChI=1S/C10H10F6N2/c11-9(12,13)7-3-6(1-2-18-17)4-8(5-7)10(14,15)16/h3-5,18H,1-2,17H2. The van der Waals surface area contributed by atoms with E-state index in [9.17, 15) is 26.3 Å². The number of nitrogens with one attached hydrogen (secondary N) is 1. The summed E-state index contributed by atoms with van der Waals surface area (Å²) < 4.78 is 74.7. The Morgan fingerprint density at radius 3 is 1.67 bits per heavy atom. The zero-order valence-electron chi connectivity index (χ0n) is 8.99. The molecule has 1 aromatic carbocycles. The maximum absolute atomic E-state index is 12.5. The van der Waals surface area contributed by atoms with Gasteiger partial charge in [-0.25, -0.2) is 0 Å². The highest BCUT2D eigenvalue weighted by atomic mass is 19.4. The minimum absolute atomic E-state index is 0.0243. The fraction of sp³-hybridized carbons (Fsp3) is 0.400. The maximum atomic E-state index is 12.5. The Hall–Kier alpha value is -1.28. The van der Waals surface area contributed by atoms with E-state index in [0.717, 1.165) is 0 Å². The second kappa shape index (κ2) is 5.15. The predicted molar refractivity (Wildman–Crippen MR) is 52.3 cm³/mol. The first-order valence-electron chi connectivity index (χ1n) is 4.86. The molecule has 1 rings (SSSR count). The van der Waals surface area contributed by atoms with E-state index in [1.807, 2.05) is 0 Å². The first kappa shape index (κ1) is 14.8. The van der Waals surface area contributed by atoms with Crippen LogP contribution in [0, 0.1) is 0 Å². The van der Waals surface area contributed by atoms with Crippen LogP contribution in [0.3, 0.4) is 0 Å². The van der Waals surface area contributed by atoms with Crippen molar-refractivity contribution in [3.8, 4) is 0 Å². The summed E-state index contributed by atoms with van der Waals surface area (Å²) in [5, 5.41) is 0. The van der Waals surface area contributed by atoms with E-state index >= 15 is 0 Å². The van der Waals surface area contributed by atoms with Crippen molar-refractivity contribution in [3.63, 3.8) is 0 Å². The smallest absolute Gasteiger partial charge is 0.271 e. The third-order valence-electron chi connectivity index (χ3n) is 2.21. The molecular formula is C10H10F6N2. The van der Waals surface area contributed by atoms with Crippen LogP contribution in [0.4, 0.5) is 26.3 Å². The molecule has 0 spiro atoms. The molecular weight excluding hydrogens is 262 g/mol. The van der Waals surface area contributed by atoms with Gasteiger partial charge in [0.1, 0.15) is 0 Å². The van der Waals surface area contributed by atoms with E-state index in [-0.39, 0.29) is 24.6 Å². The molecule has 2 nitrogen and oxygen atoms in total. The van der Waals surface area contributed by atoms with E-state index < -0.39 is 23.5 Å². The van der Waals surface area contributed by atoms with Crippen LogP contribution in [0.15, 0.2) is 18.2 Å². The fourth-order valence-corrected chi connectivity index (χ4v) is 1.38. The molecule has 0 heterocycles. The zero-order valence-corrected chi connectivity index (χ0v) is 8.99. The van der Waals surface area contributed by atoms with Gasteiger partial charge in [0.15, 0.2) is 0 Å². The van der Waals surface area contributed by atoms with E-state index in [1.54, 1.807) is 0 Å². The molecule has 0 fully saturated rings. The van der Waals surface area contributed by atoms with Gasteiger partial charge in [-0.15, -0.1) is 0 Å². The van der Waals surface area contributed by atoms with Crippen LogP contribution < -0.4 is 11.3 Å². The molecule has 18 heavy (non-hydrogen) atoms. The van der Waals surface area contributed by atoms with Crippen molar-refractivity contribution in [2.24, 2.45) is 5.84 Å². The Bertz CT molecular complexity index is 378. The average molecular weight is 272 g/mol. The van der Waals surface area contributed by atoms with Gasteiger partial charge in [0.2, 0.25) is 0 Å². The van der Waals surface area contributed by atoms with Gasteiger partial charge in [0.25, 0.3) is 0 Å². The summed E-state index contributed by atoms with van der Waals surface area (Å²) in [6, 6.07) is 1.47. The van der Waals surface area contributed by atoms with Crippen LogP contribution in [-0.4, -0.2) is 6.54 Å². The Kier molecular flexibility index (Phi) is 4.23. The van der Waals surface area contributed by atoms with E-state index in [4.69, 9.17) is 5.84 Å². The number of halogens is 6. The average Bonchev–Trinajstić information content (AvgIpc) is 2.23. The number of nitrogens with two attached hydrogens (primary N) is 1. The van der Waals surface area contributed by atoms with Crippen molar-refractivity contribution < 1.29 is 26.3 Å². The van der Waals surface area contributed by atoms with Gasteiger partial charge in [-0.1, -0.05) is 0 Å². The molecule has 0 aliphatic heterocycles. The summed E-state index contributed by atoms with van der Waals surface area (Å²) in [6.45, 7) is 0.0820. The first-order valence-corrected chi connectivity index (χ1v) is 4.86. The number of hydrogen-bond acceptors (Lipinski definition) is 2. The highest BCUT2D eigenvalue weighted by Gasteiger charge is 2.36. The topological polar surface area (TPSA) is 38.0 Å².